The molecular formula is C6H11ClO3. The molecule has 2 atom stereocenters. The average Bonchev–Trinajstić information content (AvgIpc) is 2.31. The highest BCUT2D eigenvalue weighted by Crippen LogP contribution is 2.19. The Bertz CT molecular complexity index is 99.0. The van der Waals surface area contributed by atoms with Crippen molar-refractivity contribution in [2.24, 2.45) is 0 Å². The third kappa shape index (κ3) is 2.09. The van der Waals surface area contributed by atoms with Crippen LogP contribution >= 0.6 is 11.6 Å². The summed E-state index contributed by atoms with van der Waals surface area (Å²) in [5.41, 5.74) is 0. The van der Waals surface area contributed by atoms with Crippen LogP contribution in [0.2, 0.25) is 0 Å². The lowest BCUT2D eigenvalue weighted by atomic mass is 10.3. The molecule has 0 amide bonds. The molecule has 4 heteroatoms. The van der Waals surface area contributed by atoms with Gasteiger partial charge in [0.25, 0.3) is 0 Å². The molecule has 10 heavy (non-hydrogen) atoms. The minimum atomic E-state index is -0.311. The molecule has 60 valence electrons. The van der Waals surface area contributed by atoms with Crippen molar-refractivity contribution < 1.29 is 14.6 Å². The summed E-state index contributed by atoms with van der Waals surface area (Å²) in [6.45, 7) is 0.974. The maximum absolute atomic E-state index is 8.39. The normalized spacial score (nSPS) is 33.0. The number of halogens is 1. The predicted octanol–water partition coefficient (Wildman–Crippen LogP) is 0.349. The maximum Gasteiger partial charge on any atom is 0.173 e. The molecule has 1 heterocycles. The highest BCUT2D eigenvalue weighted by Gasteiger charge is 2.26. The molecule has 1 aliphatic heterocycles. The summed E-state index contributed by atoms with van der Waals surface area (Å²) < 4.78 is 10.2. The van der Waals surface area contributed by atoms with Crippen molar-refractivity contribution in [3.05, 3.63) is 0 Å². The van der Waals surface area contributed by atoms with E-state index in [1.807, 2.05) is 0 Å². The second-order valence-corrected chi connectivity index (χ2v) is 2.70. The first-order chi connectivity index (χ1) is 4.84. The molecule has 3 nitrogen and oxygen atoms in total. The van der Waals surface area contributed by atoms with Crippen LogP contribution in [0.1, 0.15) is 6.42 Å². The van der Waals surface area contributed by atoms with Gasteiger partial charge < -0.3 is 14.6 Å². The Morgan fingerprint density at radius 2 is 2.50 bits per heavy atom. The number of hydrogen-bond acceptors (Lipinski definition) is 3. The van der Waals surface area contributed by atoms with Crippen molar-refractivity contribution >= 4 is 11.6 Å². The average molecular weight is 167 g/mol. The van der Waals surface area contributed by atoms with E-state index in [1.54, 1.807) is 0 Å². The van der Waals surface area contributed by atoms with Crippen molar-refractivity contribution in [2.45, 2.75) is 18.1 Å². The Morgan fingerprint density at radius 3 is 3.00 bits per heavy atom. The van der Waals surface area contributed by atoms with E-state index in [0.717, 1.165) is 6.42 Å². The van der Waals surface area contributed by atoms with Gasteiger partial charge in [-0.2, -0.15) is 0 Å². The van der Waals surface area contributed by atoms with Crippen molar-refractivity contribution in [3.8, 4) is 0 Å². The van der Waals surface area contributed by atoms with E-state index in [4.69, 9.17) is 26.2 Å². The molecule has 1 rings (SSSR count). The summed E-state index contributed by atoms with van der Waals surface area (Å²) in [6, 6.07) is 0. The summed E-state index contributed by atoms with van der Waals surface area (Å²) in [7, 11) is 0. The molecule has 1 N–H and O–H groups in total. The van der Waals surface area contributed by atoms with Gasteiger partial charge in [-0.1, -0.05) is 0 Å². The van der Waals surface area contributed by atoms with Gasteiger partial charge in [-0.25, -0.2) is 0 Å². The summed E-state index contributed by atoms with van der Waals surface area (Å²) in [4.78, 5) is 0. The number of aliphatic hydroxyl groups is 1. The lowest BCUT2D eigenvalue weighted by Gasteiger charge is -2.12. The summed E-state index contributed by atoms with van der Waals surface area (Å²) in [6.07, 6.45) is 0.520. The van der Waals surface area contributed by atoms with Gasteiger partial charge in [0, 0.05) is 0 Å². The van der Waals surface area contributed by atoms with Gasteiger partial charge in [-0.05, 0) is 6.42 Å². The van der Waals surface area contributed by atoms with Crippen LogP contribution in [-0.4, -0.2) is 36.6 Å². The zero-order valence-corrected chi connectivity index (χ0v) is 6.38. The zero-order chi connectivity index (χ0) is 7.40. The van der Waals surface area contributed by atoms with Crippen LogP contribution in [0.4, 0.5) is 0 Å². The van der Waals surface area contributed by atoms with Crippen LogP contribution in [0.25, 0.3) is 0 Å². The topological polar surface area (TPSA) is 38.7 Å². The van der Waals surface area contributed by atoms with Gasteiger partial charge >= 0.3 is 0 Å². The fourth-order valence-corrected chi connectivity index (χ4v) is 1.09. The van der Waals surface area contributed by atoms with E-state index in [9.17, 15) is 0 Å². The van der Waals surface area contributed by atoms with Gasteiger partial charge in [0.15, 0.2) is 6.29 Å². The first-order valence-electron chi connectivity index (χ1n) is 3.32. The number of alkyl halides is 1. The first-order valence-corrected chi connectivity index (χ1v) is 3.76. The second-order valence-electron chi connectivity index (χ2n) is 2.14. The van der Waals surface area contributed by atoms with E-state index in [0.29, 0.717) is 13.2 Å². The van der Waals surface area contributed by atoms with Crippen LogP contribution in [0.3, 0.4) is 0 Å². The highest BCUT2D eigenvalue weighted by atomic mass is 35.5. The van der Waals surface area contributed by atoms with Gasteiger partial charge in [0.1, 0.15) is 0 Å². The summed E-state index contributed by atoms with van der Waals surface area (Å²) in [5, 5.41) is 8.34. The molecule has 0 radical (unpaired) electrons. The third-order valence-corrected chi connectivity index (χ3v) is 1.77. The molecule has 0 aromatic rings. The standard InChI is InChI=1S/C6H11ClO3/c7-5-1-3-9-6(5)10-4-2-8/h5-6,8H,1-4H2. The van der Waals surface area contributed by atoms with Gasteiger partial charge in [-0.15, -0.1) is 11.6 Å². The quantitative estimate of drug-likeness (QED) is 0.615. The molecule has 1 aliphatic rings. The van der Waals surface area contributed by atoms with Gasteiger partial charge in [0.05, 0.1) is 25.2 Å². The summed E-state index contributed by atoms with van der Waals surface area (Å²) in [5.74, 6) is 0. The Hall–Kier alpha value is 0.170. The number of hydrogen-bond donors (Lipinski definition) is 1. The minimum absolute atomic E-state index is 0.0173. The molecule has 0 spiro atoms. The predicted molar refractivity (Wildman–Crippen MR) is 37.0 cm³/mol. The van der Waals surface area contributed by atoms with E-state index in [1.165, 1.54) is 0 Å². The van der Waals surface area contributed by atoms with E-state index in [2.05, 4.69) is 0 Å². The monoisotopic (exact) mass is 166 g/mol. The molecule has 0 bridgehead atoms. The number of ether oxygens (including phenoxy) is 2. The van der Waals surface area contributed by atoms with Crippen molar-refractivity contribution in [3.63, 3.8) is 0 Å². The highest BCUT2D eigenvalue weighted by molar-refractivity contribution is 6.21. The number of rotatable bonds is 3. The van der Waals surface area contributed by atoms with Crippen molar-refractivity contribution in [1.29, 1.82) is 0 Å². The van der Waals surface area contributed by atoms with Crippen molar-refractivity contribution in [2.75, 3.05) is 19.8 Å². The molecule has 2 unspecified atom stereocenters. The van der Waals surface area contributed by atoms with E-state index >= 15 is 0 Å². The fraction of sp³-hybridized carbons (Fsp3) is 1.00. The van der Waals surface area contributed by atoms with Crippen LogP contribution in [0.5, 0.6) is 0 Å². The molecule has 0 saturated carbocycles. The van der Waals surface area contributed by atoms with Crippen LogP contribution in [-0.2, 0) is 9.47 Å². The van der Waals surface area contributed by atoms with Gasteiger partial charge in [0.2, 0.25) is 0 Å². The van der Waals surface area contributed by atoms with Crippen LogP contribution < -0.4 is 0 Å². The third-order valence-electron chi connectivity index (χ3n) is 1.34. The van der Waals surface area contributed by atoms with Crippen molar-refractivity contribution in [1.82, 2.24) is 0 Å². The summed E-state index contributed by atoms with van der Waals surface area (Å²) >= 11 is 5.78. The Morgan fingerprint density at radius 1 is 1.70 bits per heavy atom. The fourth-order valence-electron chi connectivity index (χ4n) is 0.859. The molecule has 1 fully saturated rings. The molecule has 0 aromatic heterocycles. The van der Waals surface area contributed by atoms with E-state index < -0.39 is 0 Å². The Balaban J connectivity index is 2.14. The van der Waals surface area contributed by atoms with E-state index in [-0.39, 0.29) is 18.3 Å². The van der Waals surface area contributed by atoms with Crippen LogP contribution in [0.15, 0.2) is 0 Å². The smallest absolute Gasteiger partial charge is 0.173 e. The largest absolute Gasteiger partial charge is 0.394 e. The molecular weight excluding hydrogens is 156 g/mol. The second kappa shape index (κ2) is 4.13. The number of aliphatic hydroxyl groups excluding tert-OH is 1. The minimum Gasteiger partial charge on any atom is -0.394 e. The molecule has 0 aromatic carbocycles. The molecule has 0 aliphatic carbocycles. The Labute approximate surface area is 64.9 Å². The van der Waals surface area contributed by atoms with Crippen LogP contribution in [0, 0.1) is 0 Å². The molecule has 1 saturated heterocycles. The lowest BCUT2D eigenvalue weighted by Crippen LogP contribution is -2.21. The van der Waals surface area contributed by atoms with Gasteiger partial charge in [-0.3, -0.25) is 0 Å². The Kier molecular flexibility index (Phi) is 3.42. The maximum atomic E-state index is 8.39. The SMILES string of the molecule is OCCOC1OCCC1Cl. The zero-order valence-electron chi connectivity index (χ0n) is 5.62. The lowest BCUT2D eigenvalue weighted by molar-refractivity contribution is -0.115. The first kappa shape index (κ1) is 8.27.